The van der Waals surface area contributed by atoms with Gasteiger partial charge in [-0.15, -0.1) is 10.2 Å². The van der Waals surface area contributed by atoms with Crippen LogP contribution in [0.4, 0.5) is 5.69 Å². The van der Waals surface area contributed by atoms with Crippen molar-refractivity contribution in [1.29, 1.82) is 0 Å². The number of aryl methyl sites for hydroxylation is 2. The van der Waals surface area contributed by atoms with Crippen molar-refractivity contribution < 1.29 is 4.79 Å². The molecule has 1 amide bonds. The fourth-order valence-electron chi connectivity index (χ4n) is 3.74. The highest BCUT2D eigenvalue weighted by atomic mass is 32.2. The van der Waals surface area contributed by atoms with Crippen LogP contribution in [0, 0.1) is 13.8 Å². The van der Waals surface area contributed by atoms with E-state index < -0.39 is 0 Å². The van der Waals surface area contributed by atoms with Gasteiger partial charge < -0.3 is 9.88 Å². The Balaban J connectivity index is 1.46. The van der Waals surface area contributed by atoms with Crippen LogP contribution < -0.4 is 5.32 Å². The lowest BCUT2D eigenvalue weighted by atomic mass is 10.1. The molecule has 2 fully saturated rings. The maximum atomic E-state index is 13.4. The monoisotopic (exact) mass is 418 g/mol. The van der Waals surface area contributed by atoms with Gasteiger partial charge in [0, 0.05) is 17.6 Å². The van der Waals surface area contributed by atoms with Crippen LogP contribution in [0.15, 0.2) is 53.7 Å². The van der Waals surface area contributed by atoms with Gasteiger partial charge in [-0.25, -0.2) is 0 Å². The van der Waals surface area contributed by atoms with Crippen molar-refractivity contribution in [3.05, 3.63) is 71.0 Å². The summed E-state index contributed by atoms with van der Waals surface area (Å²) in [6, 6.07) is 16.6. The Bertz CT molecular complexity index is 1070. The smallest absolute Gasteiger partial charge is 0.242 e. The van der Waals surface area contributed by atoms with E-state index in [4.69, 9.17) is 0 Å². The number of amides is 1. The molecular formula is C24H26N4OS. The van der Waals surface area contributed by atoms with E-state index in [1.807, 2.05) is 56.3 Å². The van der Waals surface area contributed by atoms with E-state index >= 15 is 0 Å². The zero-order valence-electron chi connectivity index (χ0n) is 17.3. The number of anilines is 1. The van der Waals surface area contributed by atoms with Gasteiger partial charge in [0.2, 0.25) is 5.91 Å². The average Bonchev–Trinajstić information content (AvgIpc) is 3.68. The first-order valence-corrected chi connectivity index (χ1v) is 11.5. The van der Waals surface area contributed by atoms with Gasteiger partial charge in [0.25, 0.3) is 0 Å². The number of hydrogen-bond acceptors (Lipinski definition) is 4. The Morgan fingerprint density at radius 3 is 2.53 bits per heavy atom. The molecular weight excluding hydrogens is 392 g/mol. The Kier molecular flexibility index (Phi) is 5.11. The standard InChI is InChI=1S/C24H26N4OS/c1-15-8-9-16(2)20(14-15)25-23(29)21(17-6-4-3-5-7-17)30-24-27-26-22(18-10-11-18)28(24)19-12-13-19/h3-9,14,18-19,21H,10-13H2,1-2H3,(H,25,29)/t21-/m0/s1. The van der Waals surface area contributed by atoms with Crippen molar-refractivity contribution in [3.63, 3.8) is 0 Å². The topological polar surface area (TPSA) is 59.8 Å². The number of hydrogen-bond donors (Lipinski definition) is 1. The Hall–Kier alpha value is -2.60. The second kappa shape index (κ2) is 7.91. The largest absolute Gasteiger partial charge is 0.325 e. The first-order chi connectivity index (χ1) is 14.6. The van der Waals surface area contributed by atoms with E-state index in [2.05, 4.69) is 26.1 Å². The summed E-state index contributed by atoms with van der Waals surface area (Å²) in [7, 11) is 0. The predicted octanol–water partition coefficient (Wildman–Crippen LogP) is 5.58. The third-order valence-corrected chi connectivity index (χ3v) is 6.97. The van der Waals surface area contributed by atoms with E-state index in [-0.39, 0.29) is 11.2 Å². The molecule has 5 rings (SSSR count). The van der Waals surface area contributed by atoms with Crippen LogP contribution in [-0.4, -0.2) is 20.7 Å². The molecule has 1 atom stereocenters. The van der Waals surface area contributed by atoms with E-state index in [0.29, 0.717) is 12.0 Å². The lowest BCUT2D eigenvalue weighted by Gasteiger charge is -2.18. The van der Waals surface area contributed by atoms with Crippen LogP contribution in [0.1, 0.15) is 65.4 Å². The fourth-order valence-corrected chi connectivity index (χ4v) is 4.85. The van der Waals surface area contributed by atoms with Crippen LogP contribution in [0.3, 0.4) is 0 Å². The van der Waals surface area contributed by atoms with Crippen molar-refractivity contribution in [3.8, 4) is 0 Å². The first-order valence-electron chi connectivity index (χ1n) is 10.6. The normalized spacial score (nSPS) is 17.0. The van der Waals surface area contributed by atoms with Crippen LogP contribution in [-0.2, 0) is 4.79 Å². The Morgan fingerprint density at radius 1 is 1.07 bits per heavy atom. The van der Waals surface area contributed by atoms with E-state index in [1.54, 1.807) is 0 Å². The molecule has 2 aliphatic carbocycles. The molecule has 1 aromatic heterocycles. The predicted molar refractivity (Wildman–Crippen MR) is 120 cm³/mol. The molecule has 2 aliphatic rings. The number of nitrogens with zero attached hydrogens (tertiary/aromatic N) is 3. The highest BCUT2D eigenvalue weighted by molar-refractivity contribution is 8.00. The molecule has 154 valence electrons. The summed E-state index contributed by atoms with van der Waals surface area (Å²) in [5, 5.41) is 12.7. The number of rotatable bonds is 7. The van der Waals surface area contributed by atoms with Gasteiger partial charge in [-0.2, -0.15) is 0 Å². The highest BCUT2D eigenvalue weighted by Gasteiger charge is 2.37. The van der Waals surface area contributed by atoms with Gasteiger partial charge in [0.1, 0.15) is 11.1 Å². The van der Waals surface area contributed by atoms with Crippen molar-refractivity contribution in [1.82, 2.24) is 14.8 Å². The lowest BCUT2D eigenvalue weighted by Crippen LogP contribution is -2.20. The first kappa shape index (κ1) is 19.4. The molecule has 0 bridgehead atoms. The summed E-state index contributed by atoms with van der Waals surface area (Å²) in [5.41, 5.74) is 4.03. The number of aromatic nitrogens is 3. The zero-order chi connectivity index (χ0) is 20.7. The Morgan fingerprint density at radius 2 is 1.83 bits per heavy atom. The van der Waals surface area contributed by atoms with E-state index in [1.165, 1.54) is 37.4 Å². The van der Waals surface area contributed by atoms with Gasteiger partial charge >= 0.3 is 0 Å². The molecule has 3 aromatic rings. The van der Waals surface area contributed by atoms with Crippen LogP contribution >= 0.6 is 11.8 Å². The Labute approximate surface area is 181 Å². The molecule has 1 heterocycles. The van der Waals surface area contributed by atoms with Crippen molar-refractivity contribution in [2.24, 2.45) is 0 Å². The SMILES string of the molecule is Cc1ccc(C)c(NC(=O)[C@@H](Sc2nnc(C3CC3)n2C2CC2)c2ccccc2)c1. The molecule has 0 aliphatic heterocycles. The van der Waals surface area contributed by atoms with Crippen molar-refractivity contribution in [2.45, 2.75) is 61.9 Å². The second-order valence-corrected chi connectivity index (χ2v) is 9.50. The molecule has 2 saturated carbocycles. The average molecular weight is 419 g/mol. The van der Waals surface area contributed by atoms with Gasteiger partial charge in [0.15, 0.2) is 5.16 Å². The molecule has 2 aromatic carbocycles. The summed E-state index contributed by atoms with van der Waals surface area (Å²) in [4.78, 5) is 13.4. The van der Waals surface area contributed by atoms with Gasteiger partial charge in [0.05, 0.1) is 0 Å². The summed E-state index contributed by atoms with van der Waals surface area (Å²) in [5.74, 6) is 1.63. The number of carbonyl (C=O) groups is 1. The molecule has 30 heavy (non-hydrogen) atoms. The van der Waals surface area contributed by atoms with Crippen LogP contribution in [0.5, 0.6) is 0 Å². The third-order valence-electron chi connectivity index (χ3n) is 5.76. The molecule has 5 nitrogen and oxygen atoms in total. The number of carbonyl (C=O) groups excluding carboxylic acids is 1. The van der Waals surface area contributed by atoms with Crippen molar-refractivity contribution in [2.75, 3.05) is 5.32 Å². The van der Waals surface area contributed by atoms with Gasteiger partial charge in [-0.05, 0) is 62.3 Å². The van der Waals surface area contributed by atoms with E-state index in [9.17, 15) is 4.79 Å². The van der Waals surface area contributed by atoms with Crippen LogP contribution in [0.2, 0.25) is 0 Å². The van der Waals surface area contributed by atoms with Crippen LogP contribution in [0.25, 0.3) is 0 Å². The molecule has 0 radical (unpaired) electrons. The van der Waals surface area contributed by atoms with Gasteiger partial charge in [-0.3, -0.25) is 4.79 Å². The summed E-state index contributed by atoms with van der Waals surface area (Å²) in [6.45, 7) is 4.06. The lowest BCUT2D eigenvalue weighted by molar-refractivity contribution is -0.115. The van der Waals surface area contributed by atoms with Gasteiger partial charge in [-0.1, -0.05) is 54.2 Å². The third kappa shape index (κ3) is 4.01. The number of benzene rings is 2. The zero-order valence-corrected chi connectivity index (χ0v) is 18.2. The molecule has 1 N–H and O–H groups in total. The highest BCUT2D eigenvalue weighted by Crippen LogP contribution is 2.47. The molecule has 0 unspecified atom stereocenters. The summed E-state index contributed by atoms with van der Waals surface area (Å²) in [6.07, 6.45) is 4.75. The summed E-state index contributed by atoms with van der Waals surface area (Å²) >= 11 is 1.52. The maximum absolute atomic E-state index is 13.4. The minimum absolute atomic E-state index is 0.0294. The quantitative estimate of drug-likeness (QED) is 0.509. The molecule has 6 heteroatoms. The molecule has 0 spiro atoms. The van der Waals surface area contributed by atoms with E-state index in [0.717, 1.165) is 33.4 Å². The second-order valence-electron chi connectivity index (χ2n) is 8.43. The minimum Gasteiger partial charge on any atom is -0.325 e. The number of thioether (sulfide) groups is 1. The number of nitrogens with one attached hydrogen (secondary N) is 1. The van der Waals surface area contributed by atoms with Crippen molar-refractivity contribution >= 4 is 23.4 Å². The molecule has 0 saturated heterocycles. The maximum Gasteiger partial charge on any atom is 0.242 e. The summed E-state index contributed by atoms with van der Waals surface area (Å²) < 4.78 is 2.31. The fraction of sp³-hybridized carbons (Fsp3) is 0.375. The minimum atomic E-state index is -0.389.